The third kappa shape index (κ3) is 5.44. The van der Waals surface area contributed by atoms with E-state index >= 15 is 0 Å². The van der Waals surface area contributed by atoms with Crippen molar-refractivity contribution in [1.82, 2.24) is 4.90 Å². The molecule has 0 aromatic rings. The average Bonchev–Trinajstić information content (AvgIpc) is 2.71. The summed E-state index contributed by atoms with van der Waals surface area (Å²) in [6, 6.07) is 0.170. The van der Waals surface area contributed by atoms with Crippen molar-refractivity contribution in [2.75, 3.05) is 6.54 Å². The Morgan fingerprint density at radius 3 is 2.33 bits per heavy atom. The van der Waals surface area contributed by atoms with Crippen LogP contribution in [0.15, 0.2) is 0 Å². The largest absolute Gasteiger partial charge is 0.339 e. The van der Waals surface area contributed by atoms with Crippen molar-refractivity contribution >= 4 is 11.7 Å². The first-order valence-electron chi connectivity index (χ1n) is 8.95. The maximum Gasteiger partial charge on any atom is 0.222 e. The molecule has 1 saturated heterocycles. The van der Waals surface area contributed by atoms with Gasteiger partial charge in [-0.05, 0) is 32.1 Å². The highest BCUT2D eigenvalue weighted by Gasteiger charge is 2.26. The van der Waals surface area contributed by atoms with Crippen molar-refractivity contribution in [2.24, 2.45) is 5.92 Å². The van der Waals surface area contributed by atoms with Crippen LogP contribution in [0.1, 0.15) is 84.0 Å². The Balaban J connectivity index is 1.85. The molecule has 1 atom stereocenters. The van der Waals surface area contributed by atoms with E-state index in [0.717, 1.165) is 38.1 Å². The van der Waals surface area contributed by atoms with Crippen molar-refractivity contribution in [2.45, 2.75) is 90.0 Å². The molecule has 1 heterocycles. The Morgan fingerprint density at radius 2 is 1.62 bits per heavy atom. The van der Waals surface area contributed by atoms with Crippen molar-refractivity contribution in [1.29, 1.82) is 0 Å². The second kappa shape index (κ2) is 8.55. The number of carbonyl (C=O) groups excluding carboxylic acids is 2. The van der Waals surface area contributed by atoms with Gasteiger partial charge in [0.25, 0.3) is 0 Å². The molecule has 1 amide bonds. The highest BCUT2D eigenvalue weighted by molar-refractivity contribution is 5.79. The fourth-order valence-corrected chi connectivity index (χ4v) is 4.00. The molecule has 1 saturated carbocycles. The van der Waals surface area contributed by atoms with Crippen LogP contribution in [0.25, 0.3) is 0 Å². The summed E-state index contributed by atoms with van der Waals surface area (Å²) in [5.41, 5.74) is 0. The van der Waals surface area contributed by atoms with E-state index in [9.17, 15) is 9.59 Å². The Morgan fingerprint density at radius 1 is 0.952 bits per heavy atom. The lowest BCUT2D eigenvalue weighted by Gasteiger charge is -2.30. The number of hydrogen-bond donors (Lipinski definition) is 0. The minimum atomic E-state index is 0.170. The Labute approximate surface area is 129 Å². The van der Waals surface area contributed by atoms with Gasteiger partial charge in [0.15, 0.2) is 0 Å². The van der Waals surface area contributed by atoms with Crippen LogP contribution < -0.4 is 0 Å². The third-order valence-corrected chi connectivity index (χ3v) is 5.21. The van der Waals surface area contributed by atoms with Crippen LogP contribution in [0.2, 0.25) is 0 Å². The van der Waals surface area contributed by atoms with Gasteiger partial charge in [-0.15, -0.1) is 0 Å². The zero-order valence-electron chi connectivity index (χ0n) is 13.6. The molecule has 0 radical (unpaired) electrons. The van der Waals surface area contributed by atoms with E-state index in [0.29, 0.717) is 18.7 Å². The Bertz CT molecular complexity index is 347. The number of carbonyl (C=O) groups is 2. The first-order valence-corrected chi connectivity index (χ1v) is 8.95. The first kappa shape index (κ1) is 16.5. The molecule has 0 bridgehead atoms. The standard InChI is InChI=1S/C18H31NO2/c1-15(20)14-17-10-6-3-7-13-19(17)18(21)12-11-16-8-4-2-5-9-16/h16-17H,2-14H2,1H3. The van der Waals surface area contributed by atoms with Gasteiger partial charge in [-0.3, -0.25) is 9.59 Å². The van der Waals surface area contributed by atoms with Crippen LogP contribution >= 0.6 is 0 Å². The molecule has 1 aliphatic heterocycles. The van der Waals surface area contributed by atoms with Crippen molar-refractivity contribution in [3.05, 3.63) is 0 Å². The van der Waals surface area contributed by atoms with E-state index in [-0.39, 0.29) is 11.8 Å². The van der Waals surface area contributed by atoms with Crippen LogP contribution in [-0.2, 0) is 9.59 Å². The van der Waals surface area contributed by atoms with Gasteiger partial charge in [0.2, 0.25) is 5.91 Å². The minimum absolute atomic E-state index is 0.170. The van der Waals surface area contributed by atoms with Gasteiger partial charge in [-0.2, -0.15) is 0 Å². The molecule has 2 aliphatic rings. The second-order valence-corrected chi connectivity index (χ2v) is 7.04. The molecule has 120 valence electrons. The van der Waals surface area contributed by atoms with Gasteiger partial charge in [0, 0.05) is 25.4 Å². The normalized spacial score (nSPS) is 24.6. The van der Waals surface area contributed by atoms with Crippen LogP contribution in [0.4, 0.5) is 0 Å². The lowest BCUT2D eigenvalue weighted by Crippen LogP contribution is -2.41. The molecule has 3 heteroatoms. The lowest BCUT2D eigenvalue weighted by atomic mass is 9.86. The number of nitrogens with zero attached hydrogens (tertiary/aromatic N) is 1. The maximum absolute atomic E-state index is 12.6. The smallest absolute Gasteiger partial charge is 0.222 e. The van der Waals surface area contributed by atoms with E-state index in [1.54, 1.807) is 6.92 Å². The number of Topliss-reactive ketones (excluding diaryl/α,β-unsaturated/α-hetero) is 1. The second-order valence-electron chi connectivity index (χ2n) is 7.04. The molecule has 0 aromatic heterocycles. The van der Waals surface area contributed by atoms with Gasteiger partial charge in [-0.1, -0.05) is 44.9 Å². The Hall–Kier alpha value is -0.860. The molecule has 0 N–H and O–H groups in total. The van der Waals surface area contributed by atoms with Gasteiger partial charge in [0.1, 0.15) is 5.78 Å². The summed E-state index contributed by atoms with van der Waals surface area (Å²) in [6.45, 7) is 2.51. The van der Waals surface area contributed by atoms with Crippen LogP contribution in [-0.4, -0.2) is 29.2 Å². The van der Waals surface area contributed by atoms with Crippen molar-refractivity contribution in [3.8, 4) is 0 Å². The highest BCUT2D eigenvalue weighted by Crippen LogP contribution is 2.28. The summed E-state index contributed by atoms with van der Waals surface area (Å²) in [7, 11) is 0. The summed E-state index contributed by atoms with van der Waals surface area (Å²) in [5, 5.41) is 0. The first-order chi connectivity index (χ1) is 10.2. The quantitative estimate of drug-likeness (QED) is 0.765. The average molecular weight is 293 g/mol. The summed E-state index contributed by atoms with van der Waals surface area (Å²) >= 11 is 0. The van der Waals surface area contributed by atoms with Gasteiger partial charge in [-0.25, -0.2) is 0 Å². The van der Waals surface area contributed by atoms with Crippen LogP contribution in [0.3, 0.4) is 0 Å². The summed E-state index contributed by atoms with van der Waals surface area (Å²) in [6.07, 6.45) is 13.4. The molecule has 1 aliphatic carbocycles. The van der Waals surface area contributed by atoms with E-state index in [1.807, 2.05) is 4.90 Å². The van der Waals surface area contributed by atoms with E-state index in [4.69, 9.17) is 0 Å². The summed E-state index contributed by atoms with van der Waals surface area (Å²) in [5.74, 6) is 1.28. The molecule has 21 heavy (non-hydrogen) atoms. The number of ketones is 1. The zero-order valence-corrected chi connectivity index (χ0v) is 13.6. The van der Waals surface area contributed by atoms with E-state index < -0.39 is 0 Å². The number of hydrogen-bond acceptors (Lipinski definition) is 2. The molecular formula is C18H31NO2. The number of rotatable bonds is 5. The van der Waals surface area contributed by atoms with E-state index in [2.05, 4.69) is 0 Å². The fourth-order valence-electron chi connectivity index (χ4n) is 4.00. The van der Waals surface area contributed by atoms with Gasteiger partial charge in [0.05, 0.1) is 0 Å². The Kier molecular flexibility index (Phi) is 6.72. The molecule has 2 rings (SSSR count). The minimum Gasteiger partial charge on any atom is -0.339 e. The summed E-state index contributed by atoms with van der Waals surface area (Å²) < 4.78 is 0. The monoisotopic (exact) mass is 293 g/mol. The molecule has 1 unspecified atom stereocenters. The topological polar surface area (TPSA) is 37.4 Å². The molecule has 3 nitrogen and oxygen atoms in total. The number of likely N-dealkylation sites (tertiary alicyclic amines) is 1. The fraction of sp³-hybridized carbons (Fsp3) is 0.889. The summed E-state index contributed by atoms with van der Waals surface area (Å²) in [4.78, 5) is 26.1. The van der Waals surface area contributed by atoms with Crippen LogP contribution in [0.5, 0.6) is 0 Å². The van der Waals surface area contributed by atoms with Gasteiger partial charge < -0.3 is 4.90 Å². The maximum atomic E-state index is 12.6. The lowest BCUT2D eigenvalue weighted by molar-refractivity contribution is -0.134. The van der Waals surface area contributed by atoms with Crippen molar-refractivity contribution in [3.63, 3.8) is 0 Å². The predicted molar refractivity (Wildman–Crippen MR) is 85.1 cm³/mol. The van der Waals surface area contributed by atoms with Gasteiger partial charge >= 0.3 is 0 Å². The molecule has 0 aromatic carbocycles. The number of amides is 1. The molecular weight excluding hydrogens is 262 g/mol. The third-order valence-electron chi connectivity index (χ3n) is 5.21. The SMILES string of the molecule is CC(=O)CC1CCCCCN1C(=O)CCC1CCCCC1. The van der Waals surface area contributed by atoms with Crippen LogP contribution in [0, 0.1) is 5.92 Å². The highest BCUT2D eigenvalue weighted by atomic mass is 16.2. The van der Waals surface area contributed by atoms with E-state index in [1.165, 1.54) is 38.5 Å². The molecule has 0 spiro atoms. The zero-order chi connectivity index (χ0) is 15.1. The predicted octanol–water partition coefficient (Wildman–Crippen LogP) is 4.10. The van der Waals surface area contributed by atoms with Crippen molar-refractivity contribution < 1.29 is 9.59 Å². The molecule has 2 fully saturated rings.